The lowest BCUT2D eigenvalue weighted by atomic mass is 10.1. The van der Waals surface area contributed by atoms with Crippen LogP contribution >= 0.6 is 0 Å². The van der Waals surface area contributed by atoms with Crippen molar-refractivity contribution in [2.45, 2.75) is 13.1 Å². The van der Waals surface area contributed by atoms with Gasteiger partial charge in [0.25, 0.3) is 0 Å². The smallest absolute Gasteiger partial charge is 0.180 e. The molecule has 0 saturated carbocycles. The van der Waals surface area contributed by atoms with Crippen LogP contribution in [0, 0.1) is 0 Å². The molecule has 130 valence electrons. The zero-order chi connectivity index (χ0) is 17.9. The van der Waals surface area contributed by atoms with E-state index in [0.29, 0.717) is 18.9 Å². The third-order valence-electron chi connectivity index (χ3n) is 4.14. The van der Waals surface area contributed by atoms with Gasteiger partial charge in [0.05, 0.1) is 11.4 Å². The summed E-state index contributed by atoms with van der Waals surface area (Å²) in [5, 5.41) is 9.09. The molecular formula is C19H19N7. The summed E-state index contributed by atoms with van der Waals surface area (Å²) in [7, 11) is 0. The number of nitrogens with zero attached hydrogens (tertiary/aromatic N) is 5. The molecule has 0 saturated heterocycles. The highest BCUT2D eigenvalue weighted by molar-refractivity contribution is 5.76. The van der Waals surface area contributed by atoms with Crippen LogP contribution < -0.4 is 11.5 Å². The van der Waals surface area contributed by atoms with Crippen molar-refractivity contribution in [2.24, 2.45) is 11.5 Å². The Morgan fingerprint density at radius 1 is 0.769 bits per heavy atom. The zero-order valence-electron chi connectivity index (χ0n) is 14.2. The summed E-state index contributed by atoms with van der Waals surface area (Å²) in [5.74, 6) is 0.678. The van der Waals surface area contributed by atoms with Crippen molar-refractivity contribution < 1.29 is 0 Å². The number of rotatable bonds is 5. The Morgan fingerprint density at radius 3 is 2.08 bits per heavy atom. The summed E-state index contributed by atoms with van der Waals surface area (Å²) < 4.78 is 3.53. The Balaban J connectivity index is 1.96. The monoisotopic (exact) mass is 345 g/mol. The molecule has 0 unspecified atom stereocenters. The van der Waals surface area contributed by atoms with Gasteiger partial charge in [0.15, 0.2) is 5.82 Å². The van der Waals surface area contributed by atoms with Crippen molar-refractivity contribution in [1.82, 2.24) is 24.5 Å². The van der Waals surface area contributed by atoms with Crippen LogP contribution in [0.3, 0.4) is 0 Å². The molecular weight excluding hydrogens is 326 g/mol. The summed E-state index contributed by atoms with van der Waals surface area (Å²) in [6, 6.07) is 15.9. The second kappa shape index (κ2) is 6.91. The molecule has 3 aromatic heterocycles. The molecule has 1 aromatic carbocycles. The SMILES string of the molecule is NCc1ccn(-c2nccc(-c3ccccc3)c2-n2ccc(CN)n2)n1. The van der Waals surface area contributed by atoms with Crippen molar-refractivity contribution in [3.8, 4) is 22.6 Å². The van der Waals surface area contributed by atoms with Gasteiger partial charge in [-0.25, -0.2) is 14.3 Å². The van der Waals surface area contributed by atoms with Gasteiger partial charge in [-0.15, -0.1) is 0 Å². The highest BCUT2D eigenvalue weighted by Crippen LogP contribution is 2.30. The number of nitrogens with two attached hydrogens (primary N) is 2. The van der Waals surface area contributed by atoms with Crippen LogP contribution in [0.1, 0.15) is 11.4 Å². The van der Waals surface area contributed by atoms with E-state index < -0.39 is 0 Å². The van der Waals surface area contributed by atoms with Crippen LogP contribution in [0.15, 0.2) is 67.1 Å². The van der Waals surface area contributed by atoms with Crippen LogP contribution in [-0.2, 0) is 13.1 Å². The van der Waals surface area contributed by atoms with E-state index >= 15 is 0 Å². The third kappa shape index (κ3) is 2.90. The van der Waals surface area contributed by atoms with Crippen LogP contribution in [0.25, 0.3) is 22.6 Å². The lowest BCUT2D eigenvalue weighted by Gasteiger charge is -2.14. The Labute approximate surface area is 150 Å². The van der Waals surface area contributed by atoms with Gasteiger partial charge >= 0.3 is 0 Å². The van der Waals surface area contributed by atoms with Gasteiger partial charge in [-0.05, 0) is 23.8 Å². The van der Waals surface area contributed by atoms with Gasteiger partial charge in [-0.2, -0.15) is 10.2 Å². The highest BCUT2D eigenvalue weighted by atomic mass is 15.3. The Bertz CT molecular complexity index is 1020. The fourth-order valence-electron chi connectivity index (χ4n) is 2.87. The maximum Gasteiger partial charge on any atom is 0.180 e. The maximum atomic E-state index is 5.74. The van der Waals surface area contributed by atoms with E-state index in [9.17, 15) is 0 Å². The summed E-state index contributed by atoms with van der Waals surface area (Å²) in [4.78, 5) is 4.56. The van der Waals surface area contributed by atoms with Crippen molar-refractivity contribution >= 4 is 0 Å². The molecule has 4 N–H and O–H groups in total. The molecule has 0 aliphatic rings. The van der Waals surface area contributed by atoms with Gasteiger partial charge in [0.2, 0.25) is 0 Å². The topological polar surface area (TPSA) is 101 Å². The average Bonchev–Trinajstić information content (AvgIpc) is 3.37. The number of pyridine rings is 1. The fraction of sp³-hybridized carbons (Fsp3) is 0.105. The van der Waals surface area contributed by atoms with Crippen molar-refractivity contribution in [2.75, 3.05) is 0 Å². The normalized spacial score (nSPS) is 11.0. The fourth-order valence-corrected chi connectivity index (χ4v) is 2.87. The highest BCUT2D eigenvalue weighted by Gasteiger charge is 2.17. The molecule has 0 radical (unpaired) electrons. The van der Waals surface area contributed by atoms with Crippen LogP contribution in [0.5, 0.6) is 0 Å². The molecule has 26 heavy (non-hydrogen) atoms. The van der Waals surface area contributed by atoms with Gasteiger partial charge < -0.3 is 11.5 Å². The second-order valence-corrected chi connectivity index (χ2v) is 5.81. The van der Waals surface area contributed by atoms with E-state index in [0.717, 1.165) is 28.2 Å². The standard InChI is InChI=1S/C19H19N7/c20-12-15-7-10-25(23-15)18-17(14-4-2-1-3-5-14)6-9-22-19(18)26-11-8-16(13-21)24-26/h1-11H,12-13,20-21H2. The first kappa shape index (κ1) is 16.2. The predicted molar refractivity (Wildman–Crippen MR) is 99.7 cm³/mol. The first-order valence-corrected chi connectivity index (χ1v) is 8.34. The second-order valence-electron chi connectivity index (χ2n) is 5.81. The van der Waals surface area contributed by atoms with E-state index in [2.05, 4.69) is 27.3 Å². The summed E-state index contributed by atoms with van der Waals surface area (Å²) in [5.41, 5.74) is 16.0. The zero-order valence-corrected chi connectivity index (χ0v) is 14.2. The van der Waals surface area contributed by atoms with E-state index in [1.807, 2.05) is 48.8 Å². The molecule has 0 bridgehead atoms. The molecule has 7 heteroatoms. The number of aromatic nitrogens is 5. The lowest BCUT2D eigenvalue weighted by Crippen LogP contribution is -2.10. The molecule has 3 heterocycles. The number of hydrogen-bond acceptors (Lipinski definition) is 5. The third-order valence-corrected chi connectivity index (χ3v) is 4.14. The number of benzene rings is 1. The predicted octanol–water partition coefficient (Wildman–Crippen LogP) is 2.04. The lowest BCUT2D eigenvalue weighted by molar-refractivity contribution is 0.773. The molecule has 0 fully saturated rings. The minimum Gasteiger partial charge on any atom is -0.325 e. The van der Waals surface area contributed by atoms with E-state index in [-0.39, 0.29) is 0 Å². The summed E-state index contributed by atoms with van der Waals surface area (Å²) in [6.45, 7) is 0.752. The first-order valence-electron chi connectivity index (χ1n) is 8.34. The molecule has 0 amide bonds. The molecule has 7 nitrogen and oxygen atoms in total. The molecule has 0 aliphatic heterocycles. The van der Waals surface area contributed by atoms with Gasteiger partial charge in [0, 0.05) is 37.2 Å². The molecule has 0 aliphatic carbocycles. The minimum absolute atomic E-state index is 0.375. The van der Waals surface area contributed by atoms with E-state index in [4.69, 9.17) is 11.5 Å². The number of hydrogen-bond donors (Lipinski definition) is 2. The van der Waals surface area contributed by atoms with Crippen LogP contribution in [0.4, 0.5) is 0 Å². The van der Waals surface area contributed by atoms with Crippen LogP contribution in [0.2, 0.25) is 0 Å². The summed E-state index contributed by atoms with van der Waals surface area (Å²) in [6.07, 6.45) is 5.52. The molecule has 4 rings (SSSR count). The molecule has 0 spiro atoms. The van der Waals surface area contributed by atoms with Crippen molar-refractivity contribution in [3.63, 3.8) is 0 Å². The van der Waals surface area contributed by atoms with Gasteiger partial charge in [-0.1, -0.05) is 30.3 Å². The average molecular weight is 345 g/mol. The molecule has 4 aromatic rings. The van der Waals surface area contributed by atoms with E-state index in [1.165, 1.54) is 0 Å². The summed E-state index contributed by atoms with van der Waals surface area (Å²) >= 11 is 0. The molecule has 0 atom stereocenters. The van der Waals surface area contributed by atoms with E-state index in [1.54, 1.807) is 15.6 Å². The Kier molecular flexibility index (Phi) is 4.30. The van der Waals surface area contributed by atoms with Gasteiger partial charge in [-0.3, -0.25) is 0 Å². The quantitative estimate of drug-likeness (QED) is 0.576. The van der Waals surface area contributed by atoms with Crippen molar-refractivity contribution in [3.05, 3.63) is 78.5 Å². The van der Waals surface area contributed by atoms with Crippen LogP contribution in [-0.4, -0.2) is 24.5 Å². The largest absolute Gasteiger partial charge is 0.325 e. The first-order chi connectivity index (χ1) is 12.8. The minimum atomic E-state index is 0.375. The Morgan fingerprint density at radius 2 is 1.42 bits per heavy atom. The maximum absolute atomic E-state index is 5.74. The van der Waals surface area contributed by atoms with Gasteiger partial charge in [0.1, 0.15) is 5.69 Å². The van der Waals surface area contributed by atoms with Crippen molar-refractivity contribution in [1.29, 1.82) is 0 Å². The Hall–Kier alpha value is -3.29.